The highest BCUT2D eigenvalue weighted by atomic mass is 16.8. The standard InChI is InChI=1S/C23H25N7O7/c1-3-24-23(34)28-18-14-19(26-10-25-18)30(11-27-14)21-17-15(16(35-21)20(33)29(2)9-13(31)32)36-22(37-17)12-7-5-4-6-8-12/h4-8,10-11,15-17,21-22H,3,9H2,1-2H3,(H,31,32)(H2,24,25,26,28,34)/t15?,16?,17?,21?,22-/m0/s1. The summed E-state index contributed by atoms with van der Waals surface area (Å²) in [5, 5.41) is 14.4. The number of aromatic nitrogens is 4. The average molecular weight is 511 g/mol. The molecule has 194 valence electrons. The van der Waals surface area contributed by atoms with Crippen LogP contribution in [0, 0.1) is 0 Å². The summed E-state index contributed by atoms with van der Waals surface area (Å²) < 4.78 is 20.0. The molecule has 2 aromatic heterocycles. The van der Waals surface area contributed by atoms with Gasteiger partial charge in [0.15, 0.2) is 35.6 Å². The van der Waals surface area contributed by atoms with E-state index in [0.29, 0.717) is 17.7 Å². The minimum atomic E-state index is -1.16. The van der Waals surface area contributed by atoms with Crippen molar-refractivity contribution in [2.24, 2.45) is 0 Å². The number of amides is 3. The van der Waals surface area contributed by atoms with Crippen LogP contribution in [0.15, 0.2) is 43.0 Å². The molecule has 37 heavy (non-hydrogen) atoms. The smallest absolute Gasteiger partial charge is 0.323 e. The molecule has 3 amide bonds. The molecule has 2 aliphatic rings. The molecule has 5 rings (SSSR count). The van der Waals surface area contributed by atoms with E-state index in [1.165, 1.54) is 19.7 Å². The van der Waals surface area contributed by atoms with Crippen LogP contribution in [0.5, 0.6) is 0 Å². The quantitative estimate of drug-likeness (QED) is 0.414. The number of carboxylic acids is 1. The average Bonchev–Trinajstić information content (AvgIpc) is 3.58. The van der Waals surface area contributed by atoms with Gasteiger partial charge in [-0.1, -0.05) is 30.3 Å². The third-order valence-electron chi connectivity index (χ3n) is 6.02. The first-order valence-corrected chi connectivity index (χ1v) is 11.6. The van der Waals surface area contributed by atoms with E-state index in [-0.39, 0.29) is 5.82 Å². The third-order valence-corrected chi connectivity index (χ3v) is 6.02. The molecule has 2 saturated heterocycles. The number of imidazole rings is 1. The van der Waals surface area contributed by atoms with E-state index in [0.717, 1.165) is 10.5 Å². The predicted molar refractivity (Wildman–Crippen MR) is 126 cm³/mol. The van der Waals surface area contributed by atoms with E-state index in [9.17, 15) is 14.4 Å². The zero-order valence-electron chi connectivity index (χ0n) is 20.0. The number of hydrogen-bond donors (Lipinski definition) is 3. The minimum absolute atomic E-state index is 0.198. The number of benzene rings is 1. The number of carbonyl (C=O) groups excluding carboxylic acids is 2. The monoisotopic (exact) mass is 511 g/mol. The van der Waals surface area contributed by atoms with Crippen LogP contribution >= 0.6 is 0 Å². The third kappa shape index (κ3) is 4.69. The van der Waals surface area contributed by atoms with Gasteiger partial charge in [0.2, 0.25) is 0 Å². The van der Waals surface area contributed by atoms with Gasteiger partial charge in [-0.2, -0.15) is 0 Å². The number of carbonyl (C=O) groups is 3. The number of fused-ring (bicyclic) bond motifs is 2. The second-order valence-corrected chi connectivity index (χ2v) is 8.51. The molecule has 0 radical (unpaired) electrons. The van der Waals surface area contributed by atoms with E-state index in [1.807, 2.05) is 30.3 Å². The summed E-state index contributed by atoms with van der Waals surface area (Å²) >= 11 is 0. The van der Waals surface area contributed by atoms with Gasteiger partial charge in [-0.15, -0.1) is 0 Å². The molecule has 14 heteroatoms. The molecule has 5 atom stereocenters. The Bertz CT molecular complexity index is 1320. The Kier molecular flexibility index (Phi) is 6.69. The van der Waals surface area contributed by atoms with Gasteiger partial charge in [-0.05, 0) is 6.92 Å². The molecule has 3 N–H and O–H groups in total. The summed E-state index contributed by atoms with van der Waals surface area (Å²) in [5.74, 6) is -1.52. The molecular formula is C23H25N7O7. The lowest BCUT2D eigenvalue weighted by Gasteiger charge is -2.23. The number of urea groups is 1. The van der Waals surface area contributed by atoms with E-state index in [2.05, 4.69) is 25.6 Å². The van der Waals surface area contributed by atoms with E-state index in [1.54, 1.807) is 11.5 Å². The van der Waals surface area contributed by atoms with Gasteiger partial charge in [0, 0.05) is 19.2 Å². The molecule has 0 bridgehead atoms. The lowest BCUT2D eigenvalue weighted by molar-refractivity contribution is -0.169. The van der Waals surface area contributed by atoms with Crippen molar-refractivity contribution in [3.05, 3.63) is 48.5 Å². The molecule has 2 aliphatic heterocycles. The number of nitrogens with zero attached hydrogens (tertiary/aromatic N) is 5. The fourth-order valence-electron chi connectivity index (χ4n) is 4.38. The Labute approximate surface area is 210 Å². The molecule has 4 heterocycles. The first-order chi connectivity index (χ1) is 17.9. The highest BCUT2D eigenvalue weighted by Gasteiger charge is 2.57. The lowest BCUT2D eigenvalue weighted by Crippen LogP contribution is -2.44. The van der Waals surface area contributed by atoms with Crippen molar-refractivity contribution < 1.29 is 33.7 Å². The summed E-state index contributed by atoms with van der Waals surface area (Å²) in [6.07, 6.45) is -1.63. The van der Waals surface area contributed by atoms with E-state index >= 15 is 0 Å². The molecule has 0 aliphatic carbocycles. The van der Waals surface area contributed by atoms with Crippen LogP contribution in [0.25, 0.3) is 11.2 Å². The number of nitrogens with one attached hydrogen (secondary N) is 2. The predicted octanol–water partition coefficient (Wildman–Crippen LogP) is 0.891. The van der Waals surface area contributed by atoms with Crippen LogP contribution in [0.3, 0.4) is 0 Å². The largest absolute Gasteiger partial charge is 0.480 e. The Morgan fingerprint density at radius 3 is 2.57 bits per heavy atom. The van der Waals surface area contributed by atoms with Crippen LogP contribution < -0.4 is 10.6 Å². The summed E-state index contributed by atoms with van der Waals surface area (Å²) in [4.78, 5) is 50.2. The van der Waals surface area contributed by atoms with Crippen molar-refractivity contribution in [1.29, 1.82) is 0 Å². The summed E-state index contributed by atoms with van der Waals surface area (Å²) in [6.45, 7) is 1.72. The molecule has 3 aromatic rings. The maximum Gasteiger partial charge on any atom is 0.323 e. The van der Waals surface area contributed by atoms with Gasteiger partial charge in [-0.25, -0.2) is 19.7 Å². The number of likely N-dealkylation sites (N-methyl/N-ethyl adjacent to an activating group) is 1. The van der Waals surface area contributed by atoms with Gasteiger partial charge >= 0.3 is 12.0 Å². The SMILES string of the molecule is CCNC(=O)Nc1ncnc2c1ncn2C1OC(C(=O)N(C)CC(=O)O)C2O[C@H](c3ccccc3)OC21. The number of rotatable bonds is 7. The molecule has 1 aromatic carbocycles. The van der Waals surface area contributed by atoms with Crippen LogP contribution in [0.1, 0.15) is 25.0 Å². The molecule has 14 nitrogen and oxygen atoms in total. The second kappa shape index (κ2) is 10.1. The van der Waals surface area contributed by atoms with E-state index in [4.69, 9.17) is 19.3 Å². The van der Waals surface area contributed by atoms with Gasteiger partial charge in [0.1, 0.15) is 25.1 Å². The van der Waals surface area contributed by atoms with Gasteiger partial charge < -0.3 is 29.5 Å². The van der Waals surface area contributed by atoms with E-state index < -0.39 is 55.3 Å². The zero-order valence-corrected chi connectivity index (χ0v) is 20.0. The lowest BCUT2D eigenvalue weighted by atomic mass is 10.1. The fourth-order valence-corrected chi connectivity index (χ4v) is 4.38. The molecule has 0 spiro atoms. The highest BCUT2D eigenvalue weighted by molar-refractivity contribution is 5.95. The minimum Gasteiger partial charge on any atom is -0.480 e. The summed E-state index contributed by atoms with van der Waals surface area (Å²) in [7, 11) is 1.38. The Morgan fingerprint density at radius 2 is 1.84 bits per heavy atom. The maximum atomic E-state index is 13.2. The molecular weight excluding hydrogens is 486 g/mol. The van der Waals surface area contributed by atoms with Crippen molar-refractivity contribution in [3.8, 4) is 0 Å². The number of aliphatic carboxylic acids is 1. The molecule has 0 saturated carbocycles. The zero-order chi connectivity index (χ0) is 26.1. The van der Waals surface area contributed by atoms with Crippen LogP contribution in [0.2, 0.25) is 0 Å². The van der Waals surface area contributed by atoms with Gasteiger partial charge in [0.25, 0.3) is 5.91 Å². The van der Waals surface area contributed by atoms with Crippen LogP contribution in [0.4, 0.5) is 10.6 Å². The van der Waals surface area contributed by atoms with Crippen molar-refractivity contribution in [3.63, 3.8) is 0 Å². The van der Waals surface area contributed by atoms with Crippen molar-refractivity contribution in [2.75, 3.05) is 25.5 Å². The Hall–Kier alpha value is -4.14. The van der Waals surface area contributed by atoms with Crippen molar-refractivity contribution in [2.45, 2.75) is 37.8 Å². The molecule has 4 unspecified atom stereocenters. The first-order valence-electron chi connectivity index (χ1n) is 11.6. The topological polar surface area (TPSA) is 170 Å². The first kappa shape index (κ1) is 24.5. The fraction of sp³-hybridized carbons (Fsp3) is 0.391. The number of anilines is 1. The van der Waals surface area contributed by atoms with Gasteiger partial charge in [0.05, 0.1) is 6.33 Å². The van der Waals surface area contributed by atoms with Gasteiger partial charge in [-0.3, -0.25) is 19.5 Å². The maximum absolute atomic E-state index is 13.2. The van der Waals surface area contributed by atoms with Crippen molar-refractivity contribution >= 4 is 34.9 Å². The number of hydrogen-bond acceptors (Lipinski definition) is 9. The normalized spacial score (nSPS) is 24.5. The highest BCUT2D eigenvalue weighted by Crippen LogP contribution is 2.45. The Balaban J connectivity index is 1.48. The van der Waals surface area contributed by atoms with Crippen molar-refractivity contribution in [1.82, 2.24) is 29.7 Å². The summed E-state index contributed by atoms with van der Waals surface area (Å²) in [6, 6.07) is 8.79. The molecule has 2 fully saturated rings. The summed E-state index contributed by atoms with van der Waals surface area (Å²) in [5.41, 5.74) is 1.40. The number of carboxylic acid groups (broad SMARTS) is 1. The van der Waals surface area contributed by atoms with Crippen LogP contribution in [-0.4, -0.2) is 85.9 Å². The Morgan fingerprint density at radius 1 is 1.08 bits per heavy atom. The second-order valence-electron chi connectivity index (χ2n) is 8.51. The van der Waals surface area contributed by atoms with Crippen LogP contribution in [-0.2, 0) is 23.8 Å². The number of ether oxygens (including phenoxy) is 3.